The Bertz CT molecular complexity index is 1410. The SMILES string of the molecule is CCCCC1=CC2=CC3=NC(=CC4=NC(=CC5=NC(=C(CCCC)C1=N2)C(CCCC)=C5CCCC)C=C4)C=C3. The molecular weight excluding hydrogens is 488 g/mol. The minimum Gasteiger partial charge on any atom is -0.249 e. The van der Waals surface area contributed by atoms with E-state index >= 15 is 0 Å². The van der Waals surface area contributed by atoms with Crippen molar-refractivity contribution in [2.75, 3.05) is 0 Å². The van der Waals surface area contributed by atoms with Crippen molar-refractivity contribution >= 4 is 22.8 Å². The zero-order valence-electron chi connectivity index (χ0n) is 24.9. The summed E-state index contributed by atoms with van der Waals surface area (Å²) in [6, 6.07) is 0. The summed E-state index contributed by atoms with van der Waals surface area (Å²) in [4.78, 5) is 20.6. The topological polar surface area (TPSA) is 49.4 Å². The van der Waals surface area contributed by atoms with Gasteiger partial charge >= 0.3 is 0 Å². The molecule has 4 heteroatoms. The van der Waals surface area contributed by atoms with Crippen LogP contribution in [0.5, 0.6) is 0 Å². The molecule has 0 unspecified atom stereocenters. The highest BCUT2D eigenvalue weighted by atomic mass is 14.9. The van der Waals surface area contributed by atoms with Crippen molar-refractivity contribution in [2.24, 2.45) is 20.0 Å². The van der Waals surface area contributed by atoms with E-state index in [1.54, 1.807) is 0 Å². The van der Waals surface area contributed by atoms with Crippen molar-refractivity contribution in [1.82, 2.24) is 0 Å². The van der Waals surface area contributed by atoms with Crippen molar-refractivity contribution in [2.45, 2.75) is 105 Å². The van der Waals surface area contributed by atoms with E-state index in [9.17, 15) is 0 Å². The van der Waals surface area contributed by atoms with Crippen molar-refractivity contribution in [3.8, 4) is 0 Å². The second kappa shape index (κ2) is 13.3. The molecular formula is C36H44N4. The normalized spacial score (nSPS) is 19.5. The lowest BCUT2D eigenvalue weighted by Gasteiger charge is -2.16. The van der Waals surface area contributed by atoms with Gasteiger partial charge in [-0.2, -0.15) is 0 Å². The van der Waals surface area contributed by atoms with E-state index in [1.165, 1.54) is 60.1 Å². The van der Waals surface area contributed by atoms with E-state index in [1.807, 2.05) is 0 Å². The van der Waals surface area contributed by atoms with Crippen molar-refractivity contribution in [3.05, 3.63) is 93.7 Å². The van der Waals surface area contributed by atoms with Crippen LogP contribution in [0.4, 0.5) is 0 Å². The third-order valence-corrected chi connectivity index (χ3v) is 8.01. The molecule has 0 saturated carbocycles. The maximum atomic E-state index is 5.47. The fourth-order valence-electron chi connectivity index (χ4n) is 5.81. The van der Waals surface area contributed by atoms with E-state index in [-0.39, 0.29) is 0 Å². The highest BCUT2D eigenvalue weighted by molar-refractivity contribution is 6.19. The molecule has 0 saturated heterocycles. The molecule has 0 amide bonds. The second-order valence-electron chi connectivity index (χ2n) is 11.3. The first-order valence-electron chi connectivity index (χ1n) is 15.7. The lowest BCUT2D eigenvalue weighted by atomic mass is 9.88. The van der Waals surface area contributed by atoms with E-state index in [0.29, 0.717) is 0 Å². The third kappa shape index (κ3) is 6.32. The number of allylic oxidation sites excluding steroid dienone is 12. The molecule has 0 aromatic heterocycles. The lowest BCUT2D eigenvalue weighted by Crippen LogP contribution is -2.09. The van der Waals surface area contributed by atoms with Crippen LogP contribution in [0.15, 0.2) is 114 Å². The summed E-state index contributed by atoms with van der Waals surface area (Å²) in [5, 5.41) is 0. The Hall–Kier alpha value is -3.40. The first-order valence-corrected chi connectivity index (χ1v) is 15.7. The third-order valence-electron chi connectivity index (χ3n) is 8.01. The Balaban J connectivity index is 1.75. The number of hydrogen-bond acceptors (Lipinski definition) is 4. The van der Waals surface area contributed by atoms with Gasteiger partial charge in [-0.3, -0.25) is 0 Å². The van der Waals surface area contributed by atoms with E-state index < -0.39 is 0 Å². The molecule has 0 aromatic rings. The Morgan fingerprint density at radius 1 is 0.475 bits per heavy atom. The van der Waals surface area contributed by atoms with Gasteiger partial charge in [-0.1, -0.05) is 53.4 Å². The molecule has 5 aliphatic heterocycles. The Kier molecular flexibility index (Phi) is 9.36. The number of nitrogens with zero attached hydrogens (tertiary/aromatic N) is 4. The minimum atomic E-state index is 0.926. The Morgan fingerprint density at radius 2 is 1.02 bits per heavy atom. The Labute approximate surface area is 241 Å². The van der Waals surface area contributed by atoms with Crippen LogP contribution in [0.1, 0.15) is 105 Å². The summed E-state index contributed by atoms with van der Waals surface area (Å²) in [7, 11) is 0. The monoisotopic (exact) mass is 532 g/mol. The van der Waals surface area contributed by atoms with Crippen LogP contribution in [0.2, 0.25) is 0 Å². The number of rotatable bonds is 12. The van der Waals surface area contributed by atoms with Crippen LogP contribution in [-0.2, 0) is 0 Å². The average Bonchev–Trinajstić information content (AvgIpc) is 3.74. The zero-order valence-corrected chi connectivity index (χ0v) is 24.9. The summed E-state index contributed by atoms with van der Waals surface area (Å²) < 4.78 is 0. The summed E-state index contributed by atoms with van der Waals surface area (Å²) >= 11 is 0. The number of unbranched alkanes of at least 4 members (excludes halogenated alkanes) is 4. The van der Waals surface area contributed by atoms with Gasteiger partial charge in [-0.25, -0.2) is 20.0 Å². The average molecular weight is 533 g/mol. The summed E-state index contributed by atoms with van der Waals surface area (Å²) in [6.45, 7) is 9.12. The summed E-state index contributed by atoms with van der Waals surface area (Å²) in [5.74, 6) is 0. The standard InChI is InChI=1S/C36H44N4/c1-5-9-13-25-21-30-23-28-18-17-26(37-28)22-27-19-20-29(38-27)24-34-31(14-10-6-2)32(15-11-7-3)36(40-34)33(16-12-8-4)35(25)39-30/h17-24H,5-16H2,1-4H3. The first-order chi connectivity index (χ1) is 19.6. The molecule has 208 valence electrons. The van der Waals surface area contributed by atoms with Gasteiger partial charge in [-0.05, 0) is 117 Å². The molecule has 0 aromatic carbocycles. The van der Waals surface area contributed by atoms with Crippen LogP contribution in [0.3, 0.4) is 0 Å². The molecule has 0 fully saturated rings. The van der Waals surface area contributed by atoms with Gasteiger partial charge < -0.3 is 0 Å². The predicted molar refractivity (Wildman–Crippen MR) is 173 cm³/mol. The Morgan fingerprint density at radius 3 is 1.68 bits per heavy atom. The maximum Gasteiger partial charge on any atom is 0.0726 e. The fraction of sp³-hybridized carbons (Fsp3) is 0.444. The molecule has 8 bridgehead atoms. The quantitative estimate of drug-likeness (QED) is 0.240. The molecule has 0 spiro atoms. The molecule has 0 N–H and O–H groups in total. The van der Waals surface area contributed by atoms with Crippen LogP contribution >= 0.6 is 0 Å². The van der Waals surface area contributed by atoms with E-state index in [2.05, 4.69) is 76.3 Å². The van der Waals surface area contributed by atoms with Gasteiger partial charge in [0.15, 0.2) is 0 Å². The van der Waals surface area contributed by atoms with Gasteiger partial charge in [0, 0.05) is 5.57 Å². The molecule has 40 heavy (non-hydrogen) atoms. The lowest BCUT2D eigenvalue weighted by molar-refractivity contribution is 0.760. The van der Waals surface area contributed by atoms with Gasteiger partial charge in [0.2, 0.25) is 0 Å². The highest BCUT2D eigenvalue weighted by Gasteiger charge is 2.29. The van der Waals surface area contributed by atoms with Crippen LogP contribution in [-0.4, -0.2) is 22.8 Å². The van der Waals surface area contributed by atoms with Gasteiger partial charge in [-0.15, -0.1) is 0 Å². The zero-order chi connectivity index (χ0) is 27.9. The van der Waals surface area contributed by atoms with Crippen molar-refractivity contribution in [3.63, 3.8) is 0 Å². The van der Waals surface area contributed by atoms with Crippen molar-refractivity contribution in [1.29, 1.82) is 0 Å². The summed E-state index contributed by atoms with van der Waals surface area (Å²) in [5.41, 5.74) is 13.8. The van der Waals surface area contributed by atoms with Gasteiger partial charge in [0.25, 0.3) is 0 Å². The molecule has 4 nitrogen and oxygen atoms in total. The molecule has 0 aliphatic carbocycles. The van der Waals surface area contributed by atoms with Crippen LogP contribution in [0.25, 0.3) is 0 Å². The molecule has 5 rings (SSSR count). The molecule has 0 atom stereocenters. The molecule has 5 heterocycles. The second-order valence-corrected chi connectivity index (χ2v) is 11.3. The number of fused-ring (bicyclic) bond motifs is 4. The van der Waals surface area contributed by atoms with Crippen LogP contribution in [0, 0.1) is 0 Å². The maximum absolute atomic E-state index is 5.47. The predicted octanol–water partition coefficient (Wildman–Crippen LogP) is 9.82. The fourth-order valence-corrected chi connectivity index (χ4v) is 5.81. The minimum absolute atomic E-state index is 0.926. The number of aliphatic imine (C=N–C) groups is 4. The smallest absolute Gasteiger partial charge is 0.0726 e. The van der Waals surface area contributed by atoms with Crippen LogP contribution < -0.4 is 0 Å². The molecule has 0 radical (unpaired) electrons. The number of hydrogen-bond donors (Lipinski definition) is 0. The largest absolute Gasteiger partial charge is 0.249 e. The first kappa shape index (κ1) is 28.1. The highest BCUT2D eigenvalue weighted by Crippen LogP contribution is 2.39. The van der Waals surface area contributed by atoms with E-state index in [0.717, 1.165) is 84.9 Å². The summed E-state index contributed by atoms with van der Waals surface area (Å²) in [6.07, 6.45) is 30.5. The van der Waals surface area contributed by atoms with Gasteiger partial charge in [0.1, 0.15) is 0 Å². The van der Waals surface area contributed by atoms with E-state index in [4.69, 9.17) is 20.0 Å². The van der Waals surface area contributed by atoms with Gasteiger partial charge in [0.05, 0.1) is 45.6 Å². The van der Waals surface area contributed by atoms with Crippen molar-refractivity contribution < 1.29 is 0 Å². The molecule has 5 aliphatic rings.